The Morgan fingerprint density at radius 1 is 0.842 bits per heavy atom. The van der Waals surface area contributed by atoms with Crippen LogP contribution in [0.15, 0.2) is 65.6 Å². The first-order valence-electron chi connectivity index (χ1n) is 14.2. The summed E-state index contributed by atoms with van der Waals surface area (Å²) < 4.78 is 8.11. The van der Waals surface area contributed by atoms with Gasteiger partial charge in [-0.25, -0.2) is 0 Å². The van der Waals surface area contributed by atoms with Gasteiger partial charge in [-0.2, -0.15) is 4.57 Å². The molecule has 1 aromatic heterocycles. The molecule has 0 aliphatic rings. The van der Waals surface area contributed by atoms with Crippen molar-refractivity contribution >= 4 is 22.9 Å². The lowest BCUT2D eigenvalue weighted by atomic mass is 10.1. The van der Waals surface area contributed by atoms with Crippen LogP contribution in [0.2, 0.25) is 0 Å². The van der Waals surface area contributed by atoms with Crippen molar-refractivity contribution in [2.75, 3.05) is 18.1 Å². The molecule has 1 amide bonds. The van der Waals surface area contributed by atoms with Gasteiger partial charge in [-0.1, -0.05) is 100 Å². The fourth-order valence-corrected chi connectivity index (χ4v) is 5.18. The molecule has 0 saturated heterocycles. The first-order chi connectivity index (χ1) is 18.2. The number of carbonyl (C=O) groups is 1. The Morgan fingerprint density at radius 3 is 2.03 bits per heavy atom. The number of carbonyl (C=O) groups excluding carboxylic acids is 1. The third-order valence-corrected chi connectivity index (χ3v) is 7.51. The molecule has 0 unspecified atom stereocenters. The number of aromatic nitrogens is 1. The number of hydrogen-bond acceptors (Lipinski definition) is 3. The van der Waals surface area contributed by atoms with Crippen LogP contribution >= 0.6 is 11.3 Å². The average Bonchev–Trinajstić information content (AvgIpc) is 3.42. The van der Waals surface area contributed by atoms with Crippen molar-refractivity contribution in [3.8, 4) is 5.75 Å². The molecule has 0 aliphatic heterocycles. The van der Waals surface area contributed by atoms with E-state index in [1.807, 2.05) is 17.0 Å². The van der Waals surface area contributed by atoms with Gasteiger partial charge < -0.3 is 26.6 Å². The van der Waals surface area contributed by atoms with E-state index in [0.29, 0.717) is 6.54 Å². The number of nitrogens with zero attached hydrogens (tertiary/aromatic N) is 2. The van der Waals surface area contributed by atoms with Gasteiger partial charge in [0.15, 0.2) is 12.7 Å². The number of halogens is 1. The van der Waals surface area contributed by atoms with Crippen molar-refractivity contribution in [3.63, 3.8) is 0 Å². The topological polar surface area (TPSA) is 33.4 Å². The molecule has 0 N–H and O–H groups in total. The predicted molar refractivity (Wildman–Crippen MR) is 156 cm³/mol. The standard InChI is InChI=1S/C32H45N2O2S.BrH/c1-3-4-5-6-7-8-9-10-11-12-24-36-32-19-15-29(16-20-32)21-22-34(28(2)35)31-17-13-30(14-18-31)26-33-23-25-37-27-33;/h13-20,23,25,27H,3-12,21-22,24,26H2,1-2H3;1H/q+1;/p-1. The van der Waals surface area contributed by atoms with E-state index < -0.39 is 0 Å². The fraction of sp³-hybridized carbons (Fsp3) is 0.500. The van der Waals surface area contributed by atoms with Crippen LogP contribution in [0.1, 0.15) is 89.2 Å². The second-order valence-corrected chi connectivity index (χ2v) is 10.7. The first-order valence-corrected chi connectivity index (χ1v) is 15.1. The van der Waals surface area contributed by atoms with Gasteiger partial charge in [0.05, 0.1) is 12.0 Å². The maximum atomic E-state index is 12.3. The van der Waals surface area contributed by atoms with Crippen molar-refractivity contribution in [1.29, 1.82) is 0 Å². The van der Waals surface area contributed by atoms with Crippen molar-refractivity contribution in [1.82, 2.24) is 0 Å². The molecule has 0 atom stereocenters. The molecule has 3 rings (SSSR count). The van der Waals surface area contributed by atoms with E-state index in [1.165, 1.54) is 68.9 Å². The maximum Gasteiger partial charge on any atom is 0.224 e. The Balaban J connectivity index is 0.00000507. The summed E-state index contributed by atoms with van der Waals surface area (Å²) >= 11 is 1.69. The van der Waals surface area contributed by atoms with Crippen molar-refractivity contribution in [2.45, 2.75) is 91.0 Å². The molecule has 6 heteroatoms. The summed E-state index contributed by atoms with van der Waals surface area (Å²) in [6, 6.07) is 16.7. The van der Waals surface area contributed by atoms with E-state index in [9.17, 15) is 4.79 Å². The van der Waals surface area contributed by atoms with Crippen LogP contribution in [0.25, 0.3) is 0 Å². The van der Waals surface area contributed by atoms with Gasteiger partial charge in [0.1, 0.15) is 5.75 Å². The zero-order valence-corrected chi connectivity index (χ0v) is 25.6. The van der Waals surface area contributed by atoms with Crippen LogP contribution in [0.5, 0.6) is 5.75 Å². The van der Waals surface area contributed by atoms with Crippen molar-refractivity contribution < 1.29 is 31.1 Å². The SMILES string of the molecule is CCCCCCCCCCCCOc1ccc(CCN(C(C)=O)c2ccc(C[n+]3ccsc3)cc2)cc1.[Br-]. The molecule has 0 spiro atoms. The summed E-state index contributed by atoms with van der Waals surface area (Å²) in [5.41, 5.74) is 5.49. The van der Waals surface area contributed by atoms with Gasteiger partial charge >= 0.3 is 0 Å². The third kappa shape index (κ3) is 12.1. The highest BCUT2D eigenvalue weighted by Gasteiger charge is 2.12. The lowest BCUT2D eigenvalue weighted by Crippen LogP contribution is -3.00. The number of benzene rings is 2. The summed E-state index contributed by atoms with van der Waals surface area (Å²) in [5, 5.41) is 2.07. The molecule has 3 aromatic rings. The zero-order valence-electron chi connectivity index (χ0n) is 23.2. The van der Waals surface area contributed by atoms with Gasteiger partial charge in [0.2, 0.25) is 11.4 Å². The second kappa shape index (κ2) is 19.0. The lowest BCUT2D eigenvalue weighted by Gasteiger charge is -2.21. The highest BCUT2D eigenvalue weighted by atomic mass is 79.9. The van der Waals surface area contributed by atoms with E-state index in [2.05, 4.69) is 65.0 Å². The van der Waals surface area contributed by atoms with Crippen molar-refractivity contribution in [3.05, 3.63) is 76.7 Å². The van der Waals surface area contributed by atoms with Gasteiger partial charge in [-0.05, 0) is 42.7 Å². The number of amides is 1. The van der Waals surface area contributed by atoms with E-state index >= 15 is 0 Å². The molecule has 4 nitrogen and oxygen atoms in total. The third-order valence-electron chi connectivity index (χ3n) is 6.83. The van der Waals surface area contributed by atoms with E-state index in [1.54, 1.807) is 18.3 Å². The maximum absolute atomic E-state index is 12.3. The molecule has 38 heavy (non-hydrogen) atoms. The highest BCUT2D eigenvalue weighted by Crippen LogP contribution is 2.19. The predicted octanol–water partition coefficient (Wildman–Crippen LogP) is 4.98. The summed E-state index contributed by atoms with van der Waals surface area (Å²) in [4.78, 5) is 14.2. The van der Waals surface area contributed by atoms with E-state index in [4.69, 9.17) is 4.74 Å². The average molecular weight is 602 g/mol. The van der Waals surface area contributed by atoms with Crippen LogP contribution in [0.4, 0.5) is 5.69 Å². The number of unbranched alkanes of at least 4 members (excludes halogenated alkanes) is 9. The highest BCUT2D eigenvalue weighted by molar-refractivity contribution is 7.07. The van der Waals surface area contributed by atoms with Crippen LogP contribution in [-0.4, -0.2) is 19.1 Å². The Hall–Kier alpha value is -2.18. The Bertz CT molecular complexity index is 1010. The Morgan fingerprint density at radius 2 is 1.45 bits per heavy atom. The zero-order chi connectivity index (χ0) is 26.1. The summed E-state index contributed by atoms with van der Waals surface area (Å²) in [6.07, 6.45) is 16.2. The molecule has 0 fully saturated rings. The van der Waals surface area contributed by atoms with Crippen molar-refractivity contribution in [2.24, 2.45) is 0 Å². The van der Waals surface area contributed by atoms with Crippen LogP contribution < -0.4 is 31.2 Å². The molecular weight excluding hydrogens is 556 g/mol. The first kappa shape index (κ1) is 32.0. The number of rotatable bonds is 18. The fourth-order valence-electron chi connectivity index (χ4n) is 4.58. The molecule has 2 aromatic carbocycles. The number of hydrogen-bond donors (Lipinski definition) is 0. The minimum Gasteiger partial charge on any atom is -1.00 e. The van der Waals surface area contributed by atoms with E-state index in [0.717, 1.165) is 37.4 Å². The summed E-state index contributed by atoms with van der Waals surface area (Å²) in [6.45, 7) is 6.20. The van der Waals surface area contributed by atoms with Gasteiger partial charge in [0, 0.05) is 24.7 Å². The Labute approximate surface area is 244 Å². The summed E-state index contributed by atoms with van der Waals surface area (Å²) in [7, 11) is 0. The molecule has 0 bridgehead atoms. The normalized spacial score (nSPS) is 10.7. The number of anilines is 1. The minimum atomic E-state index is 0. The van der Waals surface area contributed by atoms with Gasteiger partial charge in [-0.15, -0.1) is 0 Å². The van der Waals surface area contributed by atoms with Gasteiger partial charge in [-0.3, -0.25) is 4.79 Å². The number of ether oxygens (including phenoxy) is 1. The molecule has 1 heterocycles. The smallest absolute Gasteiger partial charge is 0.224 e. The molecular formula is C32H45BrN2O2S. The molecule has 0 aliphatic carbocycles. The Kier molecular flexibility index (Phi) is 16.0. The monoisotopic (exact) mass is 600 g/mol. The van der Waals surface area contributed by atoms with E-state index in [-0.39, 0.29) is 22.9 Å². The second-order valence-electron chi connectivity index (χ2n) is 9.96. The molecule has 0 radical (unpaired) electrons. The molecule has 208 valence electrons. The van der Waals surface area contributed by atoms with Crippen LogP contribution in [0, 0.1) is 0 Å². The lowest BCUT2D eigenvalue weighted by molar-refractivity contribution is -0.683. The summed E-state index contributed by atoms with van der Waals surface area (Å²) in [5.74, 6) is 0.999. The largest absolute Gasteiger partial charge is 1.00 e. The quantitative estimate of drug-likeness (QED) is 0.152. The van der Waals surface area contributed by atoms with Crippen LogP contribution in [0.3, 0.4) is 0 Å². The minimum absolute atomic E-state index is 0. The molecule has 0 saturated carbocycles. The van der Waals surface area contributed by atoms with Gasteiger partial charge in [0.25, 0.3) is 0 Å². The van der Waals surface area contributed by atoms with Crippen LogP contribution in [-0.2, 0) is 17.8 Å². The number of thiazole rings is 1.